The Kier molecular flexibility index (Phi) is 5.58. The number of piperazine rings is 1. The molecule has 3 heteroatoms. The van der Waals surface area contributed by atoms with Gasteiger partial charge in [0.15, 0.2) is 0 Å². The minimum Gasteiger partial charge on any atom is -0.329 e. The minimum absolute atomic E-state index is 0.741. The average molecular weight is 213 g/mol. The number of nitrogens with two attached hydrogens (primary N) is 1. The summed E-state index contributed by atoms with van der Waals surface area (Å²) in [5, 5.41) is 0. The van der Waals surface area contributed by atoms with Gasteiger partial charge in [0, 0.05) is 45.3 Å². The standard InChI is InChI=1S/C12H27N3/c1-11(2)10-12(3)15-8-6-14(5-4-13)7-9-15/h11-12H,4-10,13H2,1-3H3. The first kappa shape index (κ1) is 12.9. The van der Waals surface area contributed by atoms with Crippen molar-refractivity contribution < 1.29 is 0 Å². The lowest BCUT2D eigenvalue weighted by molar-refractivity contribution is 0.0956. The van der Waals surface area contributed by atoms with Crippen LogP contribution in [0.15, 0.2) is 0 Å². The van der Waals surface area contributed by atoms with Crippen LogP contribution in [0, 0.1) is 5.92 Å². The molecule has 1 rings (SSSR count). The zero-order valence-electron chi connectivity index (χ0n) is 10.6. The fourth-order valence-corrected chi connectivity index (χ4v) is 2.44. The monoisotopic (exact) mass is 213 g/mol. The fraction of sp³-hybridized carbons (Fsp3) is 1.00. The quantitative estimate of drug-likeness (QED) is 0.739. The molecule has 1 saturated heterocycles. The van der Waals surface area contributed by atoms with Crippen LogP contribution < -0.4 is 5.73 Å². The molecule has 90 valence electrons. The maximum absolute atomic E-state index is 5.56. The molecule has 0 aromatic carbocycles. The van der Waals surface area contributed by atoms with Gasteiger partial charge in [-0.1, -0.05) is 13.8 Å². The van der Waals surface area contributed by atoms with Gasteiger partial charge in [0.1, 0.15) is 0 Å². The van der Waals surface area contributed by atoms with Crippen molar-refractivity contribution in [3.05, 3.63) is 0 Å². The fourth-order valence-electron chi connectivity index (χ4n) is 2.44. The van der Waals surface area contributed by atoms with Crippen LogP contribution in [-0.2, 0) is 0 Å². The maximum atomic E-state index is 5.56. The summed E-state index contributed by atoms with van der Waals surface area (Å²) in [6.45, 7) is 13.6. The molecule has 0 radical (unpaired) electrons. The van der Waals surface area contributed by atoms with E-state index in [0.717, 1.165) is 25.0 Å². The van der Waals surface area contributed by atoms with Gasteiger partial charge in [-0.2, -0.15) is 0 Å². The second-order valence-electron chi connectivity index (χ2n) is 5.14. The van der Waals surface area contributed by atoms with Gasteiger partial charge in [0.05, 0.1) is 0 Å². The van der Waals surface area contributed by atoms with Crippen molar-refractivity contribution in [1.29, 1.82) is 0 Å². The molecule has 2 N–H and O–H groups in total. The number of rotatable bonds is 5. The van der Waals surface area contributed by atoms with Gasteiger partial charge in [0.2, 0.25) is 0 Å². The van der Waals surface area contributed by atoms with Crippen molar-refractivity contribution in [2.75, 3.05) is 39.3 Å². The molecule has 1 atom stereocenters. The lowest BCUT2D eigenvalue weighted by atomic mass is 10.0. The molecule has 0 aromatic heterocycles. The second kappa shape index (κ2) is 6.46. The first-order valence-electron chi connectivity index (χ1n) is 6.30. The summed E-state index contributed by atoms with van der Waals surface area (Å²) in [7, 11) is 0. The Labute approximate surface area is 94.6 Å². The Bertz CT molecular complexity index is 162. The summed E-state index contributed by atoms with van der Waals surface area (Å²) >= 11 is 0. The highest BCUT2D eigenvalue weighted by Crippen LogP contribution is 2.13. The van der Waals surface area contributed by atoms with E-state index in [-0.39, 0.29) is 0 Å². The van der Waals surface area contributed by atoms with Crippen LogP contribution >= 0.6 is 0 Å². The van der Waals surface area contributed by atoms with E-state index in [4.69, 9.17) is 5.73 Å². The summed E-state index contributed by atoms with van der Waals surface area (Å²) in [4.78, 5) is 5.09. The second-order valence-corrected chi connectivity index (χ2v) is 5.14. The Hall–Kier alpha value is -0.120. The highest BCUT2D eigenvalue weighted by Gasteiger charge is 2.20. The predicted molar refractivity (Wildman–Crippen MR) is 66.0 cm³/mol. The molecule has 0 bridgehead atoms. The number of hydrogen-bond acceptors (Lipinski definition) is 3. The van der Waals surface area contributed by atoms with E-state index >= 15 is 0 Å². The lowest BCUT2D eigenvalue weighted by Crippen LogP contribution is -2.50. The zero-order valence-corrected chi connectivity index (χ0v) is 10.6. The molecule has 1 unspecified atom stereocenters. The van der Waals surface area contributed by atoms with Crippen molar-refractivity contribution in [3.8, 4) is 0 Å². The van der Waals surface area contributed by atoms with Gasteiger partial charge >= 0.3 is 0 Å². The van der Waals surface area contributed by atoms with Crippen molar-refractivity contribution in [2.24, 2.45) is 11.7 Å². The smallest absolute Gasteiger partial charge is 0.0113 e. The van der Waals surface area contributed by atoms with Crippen LogP contribution in [0.3, 0.4) is 0 Å². The van der Waals surface area contributed by atoms with Crippen LogP contribution in [0.1, 0.15) is 27.2 Å². The van der Waals surface area contributed by atoms with Crippen molar-refractivity contribution in [3.63, 3.8) is 0 Å². The third kappa shape index (κ3) is 4.49. The highest BCUT2D eigenvalue weighted by atomic mass is 15.3. The minimum atomic E-state index is 0.741. The van der Waals surface area contributed by atoms with Crippen molar-refractivity contribution >= 4 is 0 Å². The molecule has 3 nitrogen and oxygen atoms in total. The summed E-state index contributed by atoms with van der Waals surface area (Å²) < 4.78 is 0. The van der Waals surface area contributed by atoms with Gasteiger partial charge < -0.3 is 5.73 Å². The van der Waals surface area contributed by atoms with Crippen molar-refractivity contribution in [1.82, 2.24) is 9.80 Å². The van der Waals surface area contributed by atoms with E-state index in [1.807, 2.05) is 0 Å². The predicted octanol–water partition coefficient (Wildman–Crippen LogP) is 0.997. The molecule has 1 aliphatic heterocycles. The van der Waals surface area contributed by atoms with E-state index in [2.05, 4.69) is 30.6 Å². The summed E-state index contributed by atoms with van der Waals surface area (Å²) in [6.07, 6.45) is 1.32. The molecule has 0 aliphatic carbocycles. The Morgan fingerprint density at radius 2 is 1.67 bits per heavy atom. The summed E-state index contributed by atoms with van der Waals surface area (Å²) in [5.74, 6) is 0.807. The number of nitrogens with zero attached hydrogens (tertiary/aromatic N) is 2. The molecule has 1 heterocycles. The van der Waals surface area contributed by atoms with Crippen LogP contribution in [0.5, 0.6) is 0 Å². The SMILES string of the molecule is CC(C)CC(C)N1CCN(CCN)CC1. The maximum Gasteiger partial charge on any atom is 0.0113 e. The molecular weight excluding hydrogens is 186 g/mol. The van der Waals surface area contributed by atoms with E-state index in [1.54, 1.807) is 0 Å². The van der Waals surface area contributed by atoms with Gasteiger partial charge in [0.25, 0.3) is 0 Å². The molecule has 0 amide bonds. The van der Waals surface area contributed by atoms with Crippen LogP contribution in [0.25, 0.3) is 0 Å². The lowest BCUT2D eigenvalue weighted by Gasteiger charge is -2.38. The Balaban J connectivity index is 2.24. The normalized spacial score (nSPS) is 22.2. The van der Waals surface area contributed by atoms with E-state index in [0.29, 0.717) is 0 Å². The third-order valence-electron chi connectivity index (χ3n) is 3.29. The molecule has 0 saturated carbocycles. The van der Waals surface area contributed by atoms with Crippen LogP contribution in [0.4, 0.5) is 0 Å². The van der Waals surface area contributed by atoms with E-state index in [1.165, 1.54) is 32.6 Å². The number of hydrogen-bond donors (Lipinski definition) is 1. The first-order chi connectivity index (χ1) is 7.13. The zero-order chi connectivity index (χ0) is 11.3. The molecule has 1 fully saturated rings. The molecule has 15 heavy (non-hydrogen) atoms. The molecule has 1 aliphatic rings. The van der Waals surface area contributed by atoms with E-state index in [9.17, 15) is 0 Å². The third-order valence-corrected chi connectivity index (χ3v) is 3.29. The summed E-state index contributed by atoms with van der Waals surface area (Å²) in [6, 6.07) is 0.741. The van der Waals surface area contributed by atoms with Gasteiger partial charge in [-0.05, 0) is 19.3 Å². The largest absolute Gasteiger partial charge is 0.329 e. The molecular formula is C12H27N3. The highest BCUT2D eigenvalue weighted by molar-refractivity contribution is 4.76. The first-order valence-corrected chi connectivity index (χ1v) is 6.30. The Morgan fingerprint density at radius 3 is 2.13 bits per heavy atom. The van der Waals surface area contributed by atoms with Gasteiger partial charge in [-0.3, -0.25) is 9.80 Å². The topological polar surface area (TPSA) is 32.5 Å². The van der Waals surface area contributed by atoms with Gasteiger partial charge in [-0.15, -0.1) is 0 Å². The van der Waals surface area contributed by atoms with Crippen molar-refractivity contribution in [2.45, 2.75) is 33.2 Å². The molecule has 0 aromatic rings. The van der Waals surface area contributed by atoms with Crippen LogP contribution in [-0.4, -0.2) is 55.1 Å². The van der Waals surface area contributed by atoms with Crippen LogP contribution in [0.2, 0.25) is 0 Å². The average Bonchev–Trinajstić information content (AvgIpc) is 2.18. The van der Waals surface area contributed by atoms with Gasteiger partial charge in [-0.25, -0.2) is 0 Å². The Morgan fingerprint density at radius 1 is 1.07 bits per heavy atom. The van der Waals surface area contributed by atoms with E-state index < -0.39 is 0 Å². The summed E-state index contributed by atoms with van der Waals surface area (Å²) in [5.41, 5.74) is 5.56. The molecule has 0 spiro atoms.